The van der Waals surface area contributed by atoms with Gasteiger partial charge in [-0.15, -0.1) is 10.2 Å². The third-order valence-corrected chi connectivity index (χ3v) is 5.03. The molecule has 2 aromatic heterocycles. The average molecular weight is 416 g/mol. The van der Waals surface area contributed by atoms with E-state index < -0.39 is 23.6 Å². The van der Waals surface area contributed by atoms with E-state index >= 15 is 0 Å². The lowest BCUT2D eigenvalue weighted by Gasteiger charge is -2.32. The summed E-state index contributed by atoms with van der Waals surface area (Å²) in [6, 6.07) is 12.1. The Bertz CT molecular complexity index is 1000. The Labute approximate surface area is 170 Å². The summed E-state index contributed by atoms with van der Waals surface area (Å²) in [4.78, 5) is 14.6. The minimum Gasteiger partial charge on any atom is -0.463 e. The number of benzene rings is 1. The lowest BCUT2D eigenvalue weighted by atomic mass is 9.96. The van der Waals surface area contributed by atoms with Crippen molar-refractivity contribution in [3.8, 4) is 11.5 Å². The van der Waals surface area contributed by atoms with Gasteiger partial charge >= 0.3 is 6.18 Å². The highest BCUT2D eigenvalue weighted by molar-refractivity contribution is 5.93. The third kappa shape index (κ3) is 4.29. The van der Waals surface area contributed by atoms with Crippen LogP contribution in [0.5, 0.6) is 0 Å². The Balaban J connectivity index is 1.45. The number of anilines is 2. The van der Waals surface area contributed by atoms with Crippen molar-refractivity contribution < 1.29 is 22.4 Å². The van der Waals surface area contributed by atoms with Gasteiger partial charge in [0.25, 0.3) is 0 Å². The van der Waals surface area contributed by atoms with Crippen LogP contribution >= 0.6 is 0 Å². The normalized spacial score (nSPS) is 17.0. The number of carbonyl (C=O) groups excluding carboxylic acids is 1. The molecule has 6 nitrogen and oxygen atoms in total. The quantitative estimate of drug-likeness (QED) is 0.673. The van der Waals surface area contributed by atoms with E-state index in [0.29, 0.717) is 36.8 Å². The number of hydrogen-bond donors (Lipinski definition) is 1. The molecule has 4 rings (SSSR count). The van der Waals surface area contributed by atoms with Gasteiger partial charge in [0.15, 0.2) is 11.6 Å². The Morgan fingerprint density at radius 1 is 1.10 bits per heavy atom. The first-order chi connectivity index (χ1) is 14.4. The van der Waals surface area contributed by atoms with Crippen LogP contribution in [0.25, 0.3) is 11.5 Å². The number of hydrogen-bond acceptors (Lipinski definition) is 5. The SMILES string of the molecule is O=C(Nc1ccccc1C(F)(F)F)C1CCCN(c2ccc(-c3ccco3)nn2)C1. The molecule has 1 atom stereocenters. The molecule has 0 radical (unpaired) electrons. The van der Waals surface area contributed by atoms with Crippen molar-refractivity contribution in [2.45, 2.75) is 19.0 Å². The van der Waals surface area contributed by atoms with Gasteiger partial charge in [-0.25, -0.2) is 0 Å². The highest BCUT2D eigenvalue weighted by Gasteiger charge is 2.34. The minimum absolute atomic E-state index is 0.227. The number of nitrogens with zero attached hydrogens (tertiary/aromatic N) is 3. The molecule has 156 valence electrons. The summed E-state index contributed by atoms with van der Waals surface area (Å²) in [5.41, 5.74) is -0.487. The van der Waals surface area contributed by atoms with Crippen molar-refractivity contribution in [2.75, 3.05) is 23.3 Å². The average Bonchev–Trinajstić information content (AvgIpc) is 3.28. The molecule has 1 fully saturated rings. The monoisotopic (exact) mass is 416 g/mol. The van der Waals surface area contributed by atoms with Crippen LogP contribution in [-0.4, -0.2) is 29.2 Å². The van der Waals surface area contributed by atoms with Gasteiger partial charge in [-0.2, -0.15) is 13.2 Å². The highest BCUT2D eigenvalue weighted by atomic mass is 19.4. The third-order valence-electron chi connectivity index (χ3n) is 5.03. The summed E-state index contributed by atoms with van der Waals surface area (Å²) in [6.07, 6.45) is -1.67. The molecule has 1 aliphatic heterocycles. The topological polar surface area (TPSA) is 71.3 Å². The fourth-order valence-corrected chi connectivity index (χ4v) is 3.52. The molecule has 0 spiro atoms. The Morgan fingerprint density at radius 2 is 1.93 bits per heavy atom. The first-order valence-electron chi connectivity index (χ1n) is 9.51. The number of halogens is 3. The van der Waals surface area contributed by atoms with Crippen LogP contribution in [-0.2, 0) is 11.0 Å². The number of alkyl halides is 3. The van der Waals surface area contributed by atoms with E-state index in [9.17, 15) is 18.0 Å². The number of rotatable bonds is 4. The maximum Gasteiger partial charge on any atom is 0.418 e. The van der Waals surface area contributed by atoms with E-state index in [0.717, 1.165) is 12.5 Å². The summed E-state index contributed by atoms with van der Waals surface area (Å²) in [5.74, 6) is 0.329. The number of furan rings is 1. The zero-order chi connectivity index (χ0) is 21.1. The predicted molar refractivity (Wildman–Crippen MR) is 105 cm³/mol. The van der Waals surface area contributed by atoms with Crippen LogP contribution in [0.2, 0.25) is 0 Å². The predicted octanol–water partition coefficient (Wildman–Crippen LogP) is 4.61. The summed E-state index contributed by atoms with van der Waals surface area (Å²) in [7, 11) is 0. The van der Waals surface area contributed by atoms with Crippen LogP contribution < -0.4 is 10.2 Å². The molecule has 0 saturated carbocycles. The smallest absolute Gasteiger partial charge is 0.418 e. The van der Waals surface area contributed by atoms with E-state index in [4.69, 9.17) is 4.42 Å². The lowest BCUT2D eigenvalue weighted by molar-refractivity contribution is -0.137. The van der Waals surface area contributed by atoms with Gasteiger partial charge in [0, 0.05) is 13.1 Å². The van der Waals surface area contributed by atoms with Crippen molar-refractivity contribution in [1.29, 1.82) is 0 Å². The van der Waals surface area contributed by atoms with Gasteiger partial charge in [-0.3, -0.25) is 4.79 Å². The van der Waals surface area contributed by atoms with Crippen LogP contribution in [0, 0.1) is 5.92 Å². The number of nitrogens with one attached hydrogen (secondary N) is 1. The number of amides is 1. The molecule has 3 aromatic rings. The fourth-order valence-electron chi connectivity index (χ4n) is 3.52. The fraction of sp³-hybridized carbons (Fsp3) is 0.286. The Morgan fingerprint density at radius 3 is 2.63 bits per heavy atom. The van der Waals surface area contributed by atoms with Gasteiger partial charge in [0.05, 0.1) is 23.4 Å². The molecule has 30 heavy (non-hydrogen) atoms. The number of carbonyl (C=O) groups is 1. The van der Waals surface area contributed by atoms with Crippen molar-refractivity contribution in [3.05, 3.63) is 60.4 Å². The number of piperidine rings is 1. The molecule has 0 bridgehead atoms. The van der Waals surface area contributed by atoms with E-state index in [-0.39, 0.29) is 5.69 Å². The first-order valence-corrected chi connectivity index (χ1v) is 9.51. The largest absolute Gasteiger partial charge is 0.463 e. The first kappa shape index (κ1) is 19.9. The van der Waals surface area contributed by atoms with Crippen molar-refractivity contribution in [3.63, 3.8) is 0 Å². The summed E-state index contributed by atoms with van der Waals surface area (Å²) < 4.78 is 44.8. The van der Waals surface area contributed by atoms with Crippen LogP contribution in [0.15, 0.2) is 59.2 Å². The Hall–Kier alpha value is -3.36. The van der Waals surface area contributed by atoms with Crippen LogP contribution in [0.1, 0.15) is 18.4 Å². The highest BCUT2D eigenvalue weighted by Crippen LogP contribution is 2.35. The van der Waals surface area contributed by atoms with E-state index in [1.165, 1.54) is 18.2 Å². The molecule has 1 aromatic carbocycles. The second-order valence-electron chi connectivity index (χ2n) is 7.07. The van der Waals surface area contributed by atoms with Crippen molar-refractivity contribution in [2.24, 2.45) is 5.92 Å². The van der Waals surface area contributed by atoms with Gasteiger partial charge in [0.1, 0.15) is 5.69 Å². The minimum atomic E-state index is -4.53. The van der Waals surface area contributed by atoms with E-state index in [1.807, 2.05) is 4.90 Å². The zero-order valence-electron chi connectivity index (χ0n) is 15.9. The molecule has 1 amide bonds. The molecule has 3 heterocycles. The summed E-state index contributed by atoms with van der Waals surface area (Å²) >= 11 is 0. The molecule has 1 saturated heterocycles. The second kappa shape index (κ2) is 8.17. The van der Waals surface area contributed by atoms with Crippen LogP contribution in [0.4, 0.5) is 24.7 Å². The van der Waals surface area contributed by atoms with Gasteiger partial charge in [-0.05, 0) is 49.2 Å². The molecule has 1 aliphatic rings. The summed E-state index contributed by atoms with van der Waals surface area (Å²) in [5, 5.41) is 10.8. The molecule has 9 heteroatoms. The molecule has 1 unspecified atom stereocenters. The molecular weight excluding hydrogens is 397 g/mol. The van der Waals surface area contributed by atoms with Gasteiger partial charge < -0.3 is 14.6 Å². The van der Waals surface area contributed by atoms with Crippen molar-refractivity contribution in [1.82, 2.24) is 10.2 Å². The van der Waals surface area contributed by atoms with Gasteiger partial charge in [0.2, 0.25) is 5.91 Å². The van der Waals surface area contributed by atoms with Crippen LogP contribution in [0.3, 0.4) is 0 Å². The standard InChI is InChI=1S/C21H19F3N4O2/c22-21(23,24)15-6-1-2-7-16(15)25-20(29)14-5-3-11-28(13-14)19-10-9-17(26-27-19)18-8-4-12-30-18/h1-2,4,6-10,12,14H,3,5,11,13H2,(H,25,29). The number of para-hydroxylation sites is 1. The molecular formula is C21H19F3N4O2. The maximum absolute atomic E-state index is 13.2. The summed E-state index contributed by atoms with van der Waals surface area (Å²) in [6.45, 7) is 1.05. The number of aromatic nitrogens is 2. The maximum atomic E-state index is 13.2. The zero-order valence-corrected chi connectivity index (χ0v) is 15.9. The van der Waals surface area contributed by atoms with Gasteiger partial charge in [-0.1, -0.05) is 12.1 Å². The van der Waals surface area contributed by atoms with E-state index in [2.05, 4.69) is 15.5 Å². The van der Waals surface area contributed by atoms with E-state index in [1.54, 1.807) is 30.5 Å². The second-order valence-corrected chi connectivity index (χ2v) is 7.07. The molecule has 0 aliphatic carbocycles. The lowest BCUT2D eigenvalue weighted by Crippen LogP contribution is -2.41. The van der Waals surface area contributed by atoms with Crippen molar-refractivity contribution >= 4 is 17.4 Å². The Kier molecular flexibility index (Phi) is 5.43. The molecule has 1 N–H and O–H groups in total.